The molecule has 0 nitrogen and oxygen atoms in total. The van der Waals surface area contributed by atoms with E-state index in [4.69, 9.17) is 0 Å². The predicted molar refractivity (Wildman–Crippen MR) is 48.0 cm³/mol. The SMILES string of the molecule is Cc1[c]c(C)cc(C)c1.[MgH2]. The third kappa shape index (κ3) is 2.71. The summed E-state index contributed by atoms with van der Waals surface area (Å²) < 4.78 is 0. The van der Waals surface area contributed by atoms with Gasteiger partial charge in [-0.2, -0.15) is 0 Å². The Kier molecular flexibility index (Phi) is 3.98. The summed E-state index contributed by atoms with van der Waals surface area (Å²) in [4.78, 5) is 0. The molecule has 0 saturated carbocycles. The fourth-order valence-corrected chi connectivity index (χ4v) is 1.11. The van der Waals surface area contributed by atoms with Crippen LogP contribution in [0.15, 0.2) is 12.1 Å². The molecule has 0 aliphatic heterocycles. The average molecular weight is 146 g/mol. The van der Waals surface area contributed by atoms with E-state index in [1.807, 2.05) is 0 Å². The first kappa shape index (κ1) is 9.99. The van der Waals surface area contributed by atoms with E-state index in [1.54, 1.807) is 0 Å². The Morgan fingerprint density at radius 1 is 1.00 bits per heavy atom. The lowest BCUT2D eigenvalue weighted by Gasteiger charge is -1.96. The highest BCUT2D eigenvalue weighted by Crippen LogP contribution is 2.05. The molecule has 1 aromatic rings. The summed E-state index contributed by atoms with van der Waals surface area (Å²) in [7, 11) is 0. The molecule has 51 valence electrons. The lowest BCUT2D eigenvalue weighted by Crippen LogP contribution is -1.79. The van der Waals surface area contributed by atoms with Crippen LogP contribution in [0.25, 0.3) is 0 Å². The Labute approximate surface area is 78.8 Å². The normalized spacial score (nSPS) is 8.70. The van der Waals surface area contributed by atoms with Crippen LogP contribution in [0, 0.1) is 26.8 Å². The van der Waals surface area contributed by atoms with Crippen LogP contribution in [-0.2, 0) is 0 Å². The average Bonchev–Trinajstić information content (AvgIpc) is 1.59. The molecule has 1 heteroatoms. The van der Waals surface area contributed by atoms with Crippen LogP contribution in [0.3, 0.4) is 0 Å². The molecule has 0 spiro atoms. The first-order valence-electron chi connectivity index (χ1n) is 3.15. The van der Waals surface area contributed by atoms with E-state index in [0.717, 1.165) is 0 Å². The number of rotatable bonds is 0. The fraction of sp³-hybridized carbons (Fsp3) is 0.333. The predicted octanol–water partition coefficient (Wildman–Crippen LogP) is 1.50. The zero-order chi connectivity index (χ0) is 6.85. The maximum absolute atomic E-state index is 3.21. The minimum atomic E-state index is 0. The molecule has 1 rings (SSSR count). The van der Waals surface area contributed by atoms with Gasteiger partial charge in [0.15, 0.2) is 0 Å². The molecular formula is C9H13Mg. The third-order valence-electron chi connectivity index (χ3n) is 1.28. The van der Waals surface area contributed by atoms with Crippen molar-refractivity contribution in [3.63, 3.8) is 0 Å². The van der Waals surface area contributed by atoms with Crippen LogP contribution in [0.4, 0.5) is 0 Å². The quantitative estimate of drug-likeness (QED) is 0.486. The first-order chi connectivity index (χ1) is 4.18. The van der Waals surface area contributed by atoms with E-state index >= 15 is 0 Å². The van der Waals surface area contributed by atoms with Crippen molar-refractivity contribution in [2.45, 2.75) is 20.8 Å². The van der Waals surface area contributed by atoms with Gasteiger partial charge in [0, 0.05) is 0 Å². The topological polar surface area (TPSA) is 0 Å². The number of aryl methyl sites for hydroxylation is 3. The number of hydrogen-bond donors (Lipinski definition) is 0. The number of hydrogen-bond acceptors (Lipinski definition) is 0. The van der Waals surface area contributed by atoms with Crippen molar-refractivity contribution in [2.24, 2.45) is 0 Å². The molecule has 0 amide bonds. The third-order valence-corrected chi connectivity index (χ3v) is 1.28. The Hall–Kier alpha value is -0.0138. The van der Waals surface area contributed by atoms with Gasteiger partial charge in [-0.1, -0.05) is 17.7 Å². The van der Waals surface area contributed by atoms with Gasteiger partial charge in [-0.3, -0.25) is 0 Å². The largest absolute Gasteiger partial charge is 0.316 e. The van der Waals surface area contributed by atoms with Crippen molar-refractivity contribution in [1.29, 1.82) is 0 Å². The lowest BCUT2D eigenvalue weighted by atomic mass is 10.1. The van der Waals surface area contributed by atoms with Crippen molar-refractivity contribution in [2.75, 3.05) is 0 Å². The molecule has 10 heavy (non-hydrogen) atoms. The van der Waals surface area contributed by atoms with Gasteiger partial charge in [0.05, 0.1) is 0 Å². The van der Waals surface area contributed by atoms with Gasteiger partial charge in [0.2, 0.25) is 0 Å². The van der Waals surface area contributed by atoms with Crippen LogP contribution in [0.2, 0.25) is 0 Å². The molecule has 0 unspecified atom stereocenters. The molecule has 1 radical (unpaired) electrons. The lowest BCUT2D eigenvalue weighted by molar-refractivity contribution is 1.31. The van der Waals surface area contributed by atoms with Crippen LogP contribution in [-0.4, -0.2) is 23.1 Å². The minimum Gasteiger partial charge on any atom is -0.0557 e. The monoisotopic (exact) mass is 145 g/mol. The van der Waals surface area contributed by atoms with Crippen molar-refractivity contribution in [3.05, 3.63) is 34.9 Å². The molecule has 0 bridgehead atoms. The minimum absolute atomic E-state index is 0. The second-order valence-electron chi connectivity index (χ2n) is 2.52. The van der Waals surface area contributed by atoms with Crippen LogP contribution >= 0.6 is 0 Å². The Morgan fingerprint density at radius 2 is 1.40 bits per heavy atom. The highest BCUT2D eigenvalue weighted by atomic mass is 24.3. The first-order valence-corrected chi connectivity index (χ1v) is 3.15. The zero-order valence-corrected chi connectivity index (χ0v) is 6.15. The molecule has 0 heterocycles. The van der Waals surface area contributed by atoms with Gasteiger partial charge in [0.1, 0.15) is 0 Å². The molecule has 1 aromatic carbocycles. The second-order valence-corrected chi connectivity index (χ2v) is 2.52. The number of benzene rings is 1. The molecule has 0 aromatic heterocycles. The van der Waals surface area contributed by atoms with Crippen molar-refractivity contribution in [3.8, 4) is 0 Å². The van der Waals surface area contributed by atoms with E-state index in [-0.39, 0.29) is 23.1 Å². The van der Waals surface area contributed by atoms with Gasteiger partial charge in [0.25, 0.3) is 0 Å². The summed E-state index contributed by atoms with van der Waals surface area (Å²) in [6.45, 7) is 6.24. The molecule has 0 saturated heterocycles. The van der Waals surface area contributed by atoms with E-state index in [2.05, 4.69) is 39.0 Å². The highest BCUT2D eigenvalue weighted by molar-refractivity contribution is 5.75. The van der Waals surface area contributed by atoms with E-state index in [0.29, 0.717) is 0 Å². The smallest absolute Gasteiger partial charge is 0.0557 e. The Morgan fingerprint density at radius 3 is 1.70 bits per heavy atom. The van der Waals surface area contributed by atoms with Gasteiger partial charge < -0.3 is 0 Å². The summed E-state index contributed by atoms with van der Waals surface area (Å²) in [5.41, 5.74) is 3.78. The van der Waals surface area contributed by atoms with Crippen LogP contribution < -0.4 is 0 Å². The molecule has 0 N–H and O–H groups in total. The van der Waals surface area contributed by atoms with Crippen molar-refractivity contribution < 1.29 is 0 Å². The van der Waals surface area contributed by atoms with Gasteiger partial charge in [-0.05, 0) is 38.0 Å². The summed E-state index contributed by atoms with van der Waals surface area (Å²) >= 11 is 0. The maximum Gasteiger partial charge on any atom is 0.316 e. The van der Waals surface area contributed by atoms with Crippen LogP contribution in [0.5, 0.6) is 0 Å². The molecule has 0 aliphatic rings. The van der Waals surface area contributed by atoms with E-state index in [1.165, 1.54) is 16.7 Å². The summed E-state index contributed by atoms with van der Waals surface area (Å²) in [5, 5.41) is 0. The molecular weight excluding hydrogens is 132 g/mol. The maximum atomic E-state index is 3.21. The fourth-order valence-electron chi connectivity index (χ4n) is 1.11. The molecule has 0 atom stereocenters. The standard InChI is InChI=1S/C9H11.Mg.2H/c1-7-4-8(2)6-9(3)5-7;;;/h4-5H,1-3H3;;;. The highest BCUT2D eigenvalue weighted by Gasteiger charge is 1.88. The van der Waals surface area contributed by atoms with E-state index in [9.17, 15) is 0 Å². The van der Waals surface area contributed by atoms with Crippen molar-refractivity contribution in [1.82, 2.24) is 0 Å². The molecule has 0 aliphatic carbocycles. The van der Waals surface area contributed by atoms with E-state index < -0.39 is 0 Å². The second kappa shape index (κ2) is 3.99. The summed E-state index contributed by atoms with van der Waals surface area (Å²) in [5.74, 6) is 0. The van der Waals surface area contributed by atoms with Crippen molar-refractivity contribution >= 4 is 23.1 Å². The molecule has 0 fully saturated rings. The van der Waals surface area contributed by atoms with Gasteiger partial charge in [-0.15, -0.1) is 0 Å². The van der Waals surface area contributed by atoms with Gasteiger partial charge >= 0.3 is 23.1 Å². The zero-order valence-electron chi connectivity index (χ0n) is 6.15. The van der Waals surface area contributed by atoms with Gasteiger partial charge in [-0.25, -0.2) is 0 Å². The summed E-state index contributed by atoms with van der Waals surface area (Å²) in [6.07, 6.45) is 0. The van der Waals surface area contributed by atoms with Crippen LogP contribution in [0.1, 0.15) is 16.7 Å². The summed E-state index contributed by atoms with van der Waals surface area (Å²) in [6, 6.07) is 7.47. The Balaban J connectivity index is 0.000000810. The Bertz CT molecular complexity index is 165.